The van der Waals surface area contributed by atoms with Crippen molar-refractivity contribution in [2.24, 2.45) is 5.92 Å². The van der Waals surface area contributed by atoms with Gasteiger partial charge in [0, 0.05) is 6.04 Å². The van der Waals surface area contributed by atoms with Crippen molar-refractivity contribution in [1.29, 1.82) is 0 Å². The second-order valence-corrected chi connectivity index (χ2v) is 4.12. The van der Waals surface area contributed by atoms with Gasteiger partial charge in [-0.1, -0.05) is 6.42 Å². The summed E-state index contributed by atoms with van der Waals surface area (Å²) in [5.41, 5.74) is 0. The SMILES string of the molecule is CCOC(=O)C(C)NC(C)C1CCC1. The third kappa shape index (κ3) is 2.98. The molecule has 14 heavy (non-hydrogen) atoms. The van der Waals surface area contributed by atoms with Crippen LogP contribution in [0.1, 0.15) is 40.0 Å². The molecule has 3 heteroatoms. The molecular formula is C11H21NO2. The molecule has 1 rings (SSSR count). The Balaban J connectivity index is 2.24. The number of rotatable bonds is 5. The molecule has 82 valence electrons. The molecular weight excluding hydrogens is 178 g/mol. The minimum Gasteiger partial charge on any atom is -0.465 e. The van der Waals surface area contributed by atoms with Crippen LogP contribution in [0.4, 0.5) is 0 Å². The molecule has 0 radical (unpaired) electrons. The van der Waals surface area contributed by atoms with E-state index in [0.717, 1.165) is 5.92 Å². The van der Waals surface area contributed by atoms with E-state index in [0.29, 0.717) is 12.6 Å². The number of nitrogens with one attached hydrogen (secondary N) is 1. The highest BCUT2D eigenvalue weighted by molar-refractivity contribution is 5.75. The summed E-state index contributed by atoms with van der Waals surface area (Å²) in [7, 11) is 0. The monoisotopic (exact) mass is 199 g/mol. The first-order valence-electron chi connectivity index (χ1n) is 5.57. The summed E-state index contributed by atoms with van der Waals surface area (Å²) in [6.45, 7) is 6.31. The van der Waals surface area contributed by atoms with Crippen LogP contribution in [-0.4, -0.2) is 24.7 Å². The first-order valence-corrected chi connectivity index (χ1v) is 5.57. The lowest BCUT2D eigenvalue weighted by Crippen LogP contribution is -2.45. The number of carbonyl (C=O) groups excluding carboxylic acids is 1. The fraction of sp³-hybridized carbons (Fsp3) is 0.909. The van der Waals surface area contributed by atoms with E-state index in [4.69, 9.17) is 4.74 Å². The molecule has 1 saturated carbocycles. The van der Waals surface area contributed by atoms with Gasteiger partial charge >= 0.3 is 5.97 Å². The minimum atomic E-state index is -0.175. The quantitative estimate of drug-likeness (QED) is 0.685. The molecule has 0 bridgehead atoms. The van der Waals surface area contributed by atoms with Gasteiger partial charge in [-0.15, -0.1) is 0 Å². The van der Waals surface area contributed by atoms with Crippen LogP contribution in [0.2, 0.25) is 0 Å². The molecule has 3 nitrogen and oxygen atoms in total. The molecule has 1 fully saturated rings. The fourth-order valence-electron chi connectivity index (χ4n) is 1.81. The van der Waals surface area contributed by atoms with Crippen LogP contribution >= 0.6 is 0 Å². The number of carbonyl (C=O) groups is 1. The Hall–Kier alpha value is -0.570. The number of ether oxygens (including phenoxy) is 1. The van der Waals surface area contributed by atoms with E-state index in [1.165, 1.54) is 19.3 Å². The Morgan fingerprint density at radius 3 is 2.57 bits per heavy atom. The molecule has 0 aromatic carbocycles. The maximum Gasteiger partial charge on any atom is 0.322 e. The zero-order chi connectivity index (χ0) is 10.6. The van der Waals surface area contributed by atoms with E-state index in [1.807, 2.05) is 13.8 Å². The Morgan fingerprint density at radius 1 is 1.50 bits per heavy atom. The third-order valence-electron chi connectivity index (χ3n) is 3.01. The zero-order valence-corrected chi connectivity index (χ0v) is 9.38. The Bertz CT molecular complexity index is 190. The standard InChI is InChI=1S/C11H21NO2/c1-4-14-11(13)9(3)12-8(2)10-6-5-7-10/h8-10,12H,4-7H2,1-3H3. The Labute approximate surface area is 86.2 Å². The van der Waals surface area contributed by atoms with Gasteiger partial charge < -0.3 is 10.1 Å². The average molecular weight is 199 g/mol. The first-order chi connectivity index (χ1) is 6.65. The molecule has 0 saturated heterocycles. The van der Waals surface area contributed by atoms with Crippen molar-refractivity contribution in [3.8, 4) is 0 Å². The van der Waals surface area contributed by atoms with Crippen molar-refractivity contribution in [1.82, 2.24) is 5.32 Å². The topological polar surface area (TPSA) is 38.3 Å². The molecule has 0 aromatic heterocycles. The lowest BCUT2D eigenvalue weighted by Gasteiger charge is -2.33. The zero-order valence-electron chi connectivity index (χ0n) is 9.38. The number of esters is 1. The molecule has 0 aromatic rings. The van der Waals surface area contributed by atoms with Gasteiger partial charge in [0.1, 0.15) is 6.04 Å². The molecule has 0 heterocycles. The van der Waals surface area contributed by atoms with Crippen LogP contribution in [-0.2, 0) is 9.53 Å². The van der Waals surface area contributed by atoms with E-state index in [1.54, 1.807) is 0 Å². The summed E-state index contributed by atoms with van der Waals surface area (Å²) in [4.78, 5) is 11.3. The van der Waals surface area contributed by atoms with Gasteiger partial charge in [-0.3, -0.25) is 4.79 Å². The second kappa shape index (κ2) is 5.35. The fourth-order valence-corrected chi connectivity index (χ4v) is 1.81. The van der Waals surface area contributed by atoms with Crippen molar-refractivity contribution in [2.45, 2.75) is 52.1 Å². The highest BCUT2D eigenvalue weighted by Gasteiger charge is 2.26. The van der Waals surface area contributed by atoms with Gasteiger partial charge in [0.15, 0.2) is 0 Å². The van der Waals surface area contributed by atoms with Crippen LogP contribution in [0.3, 0.4) is 0 Å². The maximum absolute atomic E-state index is 11.3. The van der Waals surface area contributed by atoms with Gasteiger partial charge in [-0.05, 0) is 39.5 Å². The summed E-state index contributed by atoms with van der Waals surface area (Å²) in [6.07, 6.45) is 3.93. The molecule has 1 aliphatic rings. The van der Waals surface area contributed by atoms with Crippen LogP contribution in [0.15, 0.2) is 0 Å². The van der Waals surface area contributed by atoms with E-state index in [9.17, 15) is 4.79 Å². The molecule has 1 aliphatic carbocycles. The van der Waals surface area contributed by atoms with Gasteiger partial charge in [-0.2, -0.15) is 0 Å². The van der Waals surface area contributed by atoms with Gasteiger partial charge in [0.05, 0.1) is 6.61 Å². The van der Waals surface area contributed by atoms with Gasteiger partial charge in [0.2, 0.25) is 0 Å². The smallest absolute Gasteiger partial charge is 0.322 e. The minimum absolute atomic E-state index is 0.140. The van der Waals surface area contributed by atoms with E-state index >= 15 is 0 Å². The second-order valence-electron chi connectivity index (χ2n) is 4.12. The summed E-state index contributed by atoms with van der Waals surface area (Å²) < 4.78 is 4.93. The summed E-state index contributed by atoms with van der Waals surface area (Å²) in [5, 5.41) is 3.29. The van der Waals surface area contributed by atoms with E-state index in [-0.39, 0.29) is 12.0 Å². The van der Waals surface area contributed by atoms with Crippen molar-refractivity contribution in [3.05, 3.63) is 0 Å². The molecule has 0 amide bonds. The maximum atomic E-state index is 11.3. The Morgan fingerprint density at radius 2 is 2.14 bits per heavy atom. The van der Waals surface area contributed by atoms with Crippen molar-refractivity contribution < 1.29 is 9.53 Å². The highest BCUT2D eigenvalue weighted by Crippen LogP contribution is 2.29. The molecule has 0 aliphatic heterocycles. The molecule has 2 atom stereocenters. The lowest BCUT2D eigenvalue weighted by molar-refractivity contribution is -0.145. The summed E-state index contributed by atoms with van der Waals surface area (Å²) in [5.74, 6) is 0.616. The number of hydrogen-bond donors (Lipinski definition) is 1. The van der Waals surface area contributed by atoms with Crippen molar-refractivity contribution in [3.63, 3.8) is 0 Å². The predicted octanol–water partition coefficient (Wildman–Crippen LogP) is 1.72. The molecule has 1 N–H and O–H groups in total. The normalized spacial score (nSPS) is 21.1. The largest absolute Gasteiger partial charge is 0.465 e. The van der Waals surface area contributed by atoms with Gasteiger partial charge in [0.25, 0.3) is 0 Å². The van der Waals surface area contributed by atoms with Crippen LogP contribution in [0.5, 0.6) is 0 Å². The van der Waals surface area contributed by atoms with E-state index < -0.39 is 0 Å². The number of hydrogen-bond acceptors (Lipinski definition) is 3. The van der Waals surface area contributed by atoms with E-state index in [2.05, 4.69) is 12.2 Å². The van der Waals surface area contributed by atoms with Crippen molar-refractivity contribution in [2.75, 3.05) is 6.61 Å². The average Bonchev–Trinajstić information content (AvgIpc) is 2.00. The van der Waals surface area contributed by atoms with Crippen LogP contribution < -0.4 is 5.32 Å². The molecule has 0 spiro atoms. The summed E-state index contributed by atoms with van der Waals surface area (Å²) >= 11 is 0. The first kappa shape index (κ1) is 11.5. The Kier molecular flexibility index (Phi) is 4.39. The van der Waals surface area contributed by atoms with Gasteiger partial charge in [-0.25, -0.2) is 0 Å². The highest BCUT2D eigenvalue weighted by atomic mass is 16.5. The van der Waals surface area contributed by atoms with Crippen LogP contribution in [0, 0.1) is 5.92 Å². The third-order valence-corrected chi connectivity index (χ3v) is 3.01. The van der Waals surface area contributed by atoms with Crippen LogP contribution in [0.25, 0.3) is 0 Å². The lowest BCUT2D eigenvalue weighted by atomic mass is 9.80. The molecule has 2 unspecified atom stereocenters. The summed E-state index contributed by atoms with van der Waals surface area (Å²) in [6, 6.07) is 0.258. The predicted molar refractivity (Wildman–Crippen MR) is 56.0 cm³/mol. The van der Waals surface area contributed by atoms with Crippen molar-refractivity contribution >= 4 is 5.97 Å².